The summed E-state index contributed by atoms with van der Waals surface area (Å²) in [5.74, 6) is -0.840. The minimum absolute atomic E-state index is 0.0241. The summed E-state index contributed by atoms with van der Waals surface area (Å²) in [6.07, 6.45) is 4.31. The van der Waals surface area contributed by atoms with Crippen molar-refractivity contribution in [1.82, 2.24) is 15.1 Å². The van der Waals surface area contributed by atoms with Gasteiger partial charge in [0.15, 0.2) is 0 Å². The summed E-state index contributed by atoms with van der Waals surface area (Å²) in [7, 11) is 0. The molecule has 2 heterocycles. The molecule has 1 atom stereocenters. The molecule has 2 aliphatic rings. The molecule has 0 aromatic heterocycles. The third kappa shape index (κ3) is 5.64. The van der Waals surface area contributed by atoms with Crippen molar-refractivity contribution >= 4 is 17.7 Å². The molecule has 0 aliphatic carbocycles. The second kappa shape index (κ2) is 10.8. The third-order valence-corrected chi connectivity index (χ3v) is 6.89. The summed E-state index contributed by atoms with van der Waals surface area (Å²) in [5, 5.41) is 3.03. The van der Waals surface area contributed by atoms with Crippen molar-refractivity contribution < 1.29 is 18.8 Å². The molecule has 3 amide bonds. The van der Waals surface area contributed by atoms with Gasteiger partial charge in [-0.05, 0) is 81.3 Å². The van der Waals surface area contributed by atoms with E-state index in [0.717, 1.165) is 37.9 Å². The van der Waals surface area contributed by atoms with Crippen LogP contribution < -0.4 is 5.32 Å². The first kappa shape index (κ1) is 23.9. The number of rotatable bonds is 5. The van der Waals surface area contributed by atoms with E-state index in [1.165, 1.54) is 24.3 Å². The van der Waals surface area contributed by atoms with Gasteiger partial charge < -0.3 is 15.1 Å². The Morgan fingerprint density at radius 3 is 2.21 bits per heavy atom. The van der Waals surface area contributed by atoms with Gasteiger partial charge in [0.2, 0.25) is 5.91 Å². The number of aryl methyl sites for hydroxylation is 1. The lowest BCUT2D eigenvalue weighted by atomic mass is 9.87. The van der Waals surface area contributed by atoms with Crippen LogP contribution in [0.2, 0.25) is 0 Å². The zero-order valence-electron chi connectivity index (χ0n) is 19.6. The van der Waals surface area contributed by atoms with Crippen LogP contribution in [0, 0.1) is 18.7 Å². The predicted molar refractivity (Wildman–Crippen MR) is 128 cm³/mol. The van der Waals surface area contributed by atoms with E-state index in [9.17, 15) is 18.8 Å². The van der Waals surface area contributed by atoms with Gasteiger partial charge in [0.25, 0.3) is 11.8 Å². The number of hydrogen-bond donors (Lipinski definition) is 1. The molecule has 2 aromatic carbocycles. The molecule has 0 saturated carbocycles. The van der Waals surface area contributed by atoms with E-state index in [1.807, 2.05) is 30.0 Å². The van der Waals surface area contributed by atoms with Crippen molar-refractivity contribution in [1.29, 1.82) is 0 Å². The zero-order chi connectivity index (χ0) is 24.1. The van der Waals surface area contributed by atoms with Gasteiger partial charge in [-0.3, -0.25) is 14.4 Å². The lowest BCUT2D eigenvalue weighted by Gasteiger charge is -2.38. The molecular formula is C27H32FN3O3. The topological polar surface area (TPSA) is 69.7 Å². The number of nitrogens with zero attached hydrogens (tertiary/aromatic N) is 2. The fraction of sp³-hybridized carbons (Fsp3) is 0.444. The van der Waals surface area contributed by atoms with Crippen LogP contribution in [0.5, 0.6) is 0 Å². The summed E-state index contributed by atoms with van der Waals surface area (Å²) in [4.78, 5) is 43.0. The maximum atomic E-state index is 13.5. The van der Waals surface area contributed by atoms with Crippen molar-refractivity contribution in [3.8, 4) is 0 Å². The highest BCUT2D eigenvalue weighted by atomic mass is 19.1. The van der Waals surface area contributed by atoms with E-state index in [1.54, 1.807) is 11.0 Å². The number of carbonyl (C=O) groups is 3. The molecule has 0 radical (unpaired) electrons. The summed E-state index contributed by atoms with van der Waals surface area (Å²) in [6.45, 7) is 4.35. The summed E-state index contributed by atoms with van der Waals surface area (Å²) >= 11 is 0. The number of benzene rings is 2. The molecular weight excluding hydrogens is 433 g/mol. The maximum Gasteiger partial charge on any atom is 0.253 e. The molecule has 2 aliphatic heterocycles. The Hall–Kier alpha value is -3.22. The van der Waals surface area contributed by atoms with Crippen molar-refractivity contribution in [3.05, 3.63) is 71.0 Å². The number of halogens is 1. The second-order valence-corrected chi connectivity index (χ2v) is 9.34. The number of nitrogens with one attached hydrogen (secondary N) is 1. The molecule has 2 fully saturated rings. The van der Waals surface area contributed by atoms with E-state index >= 15 is 0 Å². The number of amides is 3. The molecule has 2 saturated heterocycles. The fourth-order valence-corrected chi connectivity index (χ4v) is 4.91. The largest absolute Gasteiger partial charge is 0.341 e. The molecule has 1 N–H and O–H groups in total. The third-order valence-electron chi connectivity index (χ3n) is 6.89. The Morgan fingerprint density at radius 2 is 1.56 bits per heavy atom. The quantitative estimate of drug-likeness (QED) is 0.730. The SMILES string of the molecule is Cc1cccc(C(=O)NC(C(=O)N2CCCCC2)C2CCN(C(=O)c3ccc(F)cc3)CC2)c1. The minimum Gasteiger partial charge on any atom is -0.341 e. The standard InChI is InChI=1S/C27H32FN3O3/c1-19-6-5-7-22(18-19)25(32)29-24(27(34)30-14-3-2-4-15-30)20-12-16-31(17-13-20)26(33)21-8-10-23(28)11-9-21/h5-11,18,20,24H,2-4,12-17H2,1H3,(H,29,32). The van der Waals surface area contributed by atoms with Crippen molar-refractivity contribution in [2.24, 2.45) is 5.92 Å². The number of hydrogen-bond acceptors (Lipinski definition) is 3. The maximum absolute atomic E-state index is 13.5. The summed E-state index contributed by atoms with van der Waals surface area (Å²) in [5.41, 5.74) is 1.98. The molecule has 6 nitrogen and oxygen atoms in total. The lowest BCUT2D eigenvalue weighted by Crippen LogP contribution is -2.55. The average Bonchev–Trinajstić information content (AvgIpc) is 2.87. The van der Waals surface area contributed by atoms with E-state index < -0.39 is 6.04 Å². The van der Waals surface area contributed by atoms with Crippen LogP contribution in [0.15, 0.2) is 48.5 Å². The molecule has 0 bridgehead atoms. The lowest BCUT2D eigenvalue weighted by molar-refractivity contribution is -0.136. The van der Waals surface area contributed by atoms with Crippen LogP contribution in [-0.4, -0.2) is 59.7 Å². The van der Waals surface area contributed by atoms with Gasteiger partial charge in [0, 0.05) is 37.3 Å². The van der Waals surface area contributed by atoms with Crippen molar-refractivity contribution in [2.45, 2.75) is 45.1 Å². The minimum atomic E-state index is -0.616. The van der Waals surface area contributed by atoms with E-state index in [0.29, 0.717) is 37.1 Å². The number of carbonyl (C=O) groups excluding carboxylic acids is 3. The van der Waals surface area contributed by atoms with Gasteiger partial charge in [-0.25, -0.2) is 4.39 Å². The van der Waals surface area contributed by atoms with Gasteiger partial charge in [-0.15, -0.1) is 0 Å². The molecule has 0 spiro atoms. The van der Waals surface area contributed by atoms with Crippen LogP contribution >= 0.6 is 0 Å². The highest BCUT2D eigenvalue weighted by molar-refractivity contribution is 5.98. The number of piperidine rings is 2. The van der Waals surface area contributed by atoms with E-state index in [2.05, 4.69) is 5.32 Å². The first-order chi connectivity index (χ1) is 16.4. The average molecular weight is 466 g/mol. The van der Waals surface area contributed by atoms with Crippen LogP contribution in [0.25, 0.3) is 0 Å². The molecule has 2 aromatic rings. The Labute approximate surface area is 200 Å². The molecule has 7 heteroatoms. The van der Waals surface area contributed by atoms with Gasteiger partial charge in [0.1, 0.15) is 11.9 Å². The van der Waals surface area contributed by atoms with E-state index in [4.69, 9.17) is 0 Å². The van der Waals surface area contributed by atoms with Crippen LogP contribution in [0.4, 0.5) is 4.39 Å². The van der Waals surface area contributed by atoms with Gasteiger partial charge in [-0.1, -0.05) is 17.7 Å². The smallest absolute Gasteiger partial charge is 0.253 e. The van der Waals surface area contributed by atoms with Crippen LogP contribution in [0.1, 0.15) is 58.4 Å². The molecule has 180 valence electrons. The molecule has 34 heavy (non-hydrogen) atoms. The first-order valence-electron chi connectivity index (χ1n) is 12.1. The van der Waals surface area contributed by atoms with Gasteiger partial charge in [-0.2, -0.15) is 0 Å². The van der Waals surface area contributed by atoms with Gasteiger partial charge >= 0.3 is 0 Å². The summed E-state index contributed by atoms with van der Waals surface area (Å²) in [6, 6.07) is 12.3. The first-order valence-corrected chi connectivity index (χ1v) is 12.1. The normalized spacial score (nSPS) is 17.8. The molecule has 1 unspecified atom stereocenters. The Balaban J connectivity index is 1.46. The molecule has 4 rings (SSSR count). The van der Waals surface area contributed by atoms with E-state index in [-0.39, 0.29) is 29.5 Å². The van der Waals surface area contributed by atoms with Crippen LogP contribution in [-0.2, 0) is 4.79 Å². The van der Waals surface area contributed by atoms with Crippen molar-refractivity contribution in [3.63, 3.8) is 0 Å². The Bertz CT molecular complexity index is 1030. The zero-order valence-corrected chi connectivity index (χ0v) is 19.6. The van der Waals surface area contributed by atoms with Crippen LogP contribution in [0.3, 0.4) is 0 Å². The fourth-order valence-electron chi connectivity index (χ4n) is 4.91. The van der Waals surface area contributed by atoms with Gasteiger partial charge in [0.05, 0.1) is 0 Å². The highest BCUT2D eigenvalue weighted by Crippen LogP contribution is 2.25. The Kier molecular flexibility index (Phi) is 7.60. The second-order valence-electron chi connectivity index (χ2n) is 9.34. The number of likely N-dealkylation sites (tertiary alicyclic amines) is 2. The highest BCUT2D eigenvalue weighted by Gasteiger charge is 2.36. The van der Waals surface area contributed by atoms with Crippen molar-refractivity contribution in [2.75, 3.05) is 26.2 Å². The Morgan fingerprint density at radius 1 is 0.882 bits per heavy atom. The summed E-state index contributed by atoms with van der Waals surface area (Å²) < 4.78 is 13.2. The monoisotopic (exact) mass is 465 g/mol. The predicted octanol–water partition coefficient (Wildman–Crippen LogP) is 3.80.